The van der Waals surface area contributed by atoms with Crippen molar-refractivity contribution in [3.8, 4) is 11.5 Å². The smallest absolute Gasteiger partial charge is 0.194 e. The molecule has 1 unspecified atom stereocenters. The van der Waals surface area contributed by atoms with Crippen LogP contribution in [-0.4, -0.2) is 55.9 Å². The molecule has 0 heterocycles. The number of aryl methyl sites for hydroxylation is 1. The van der Waals surface area contributed by atoms with E-state index in [2.05, 4.69) is 10.3 Å². The first-order chi connectivity index (χ1) is 13.5. The lowest BCUT2D eigenvalue weighted by Crippen LogP contribution is -2.39. The zero-order chi connectivity index (χ0) is 20.4. The molecule has 0 aliphatic rings. The first-order valence-electron chi connectivity index (χ1n) is 9.51. The number of nitrogens with one attached hydrogen (secondary N) is 1. The Morgan fingerprint density at radius 3 is 2.57 bits per heavy atom. The zero-order valence-electron chi connectivity index (χ0n) is 17.2. The Morgan fingerprint density at radius 2 is 1.93 bits per heavy atom. The van der Waals surface area contributed by atoms with E-state index in [0.717, 1.165) is 35.1 Å². The molecule has 2 rings (SSSR count). The van der Waals surface area contributed by atoms with Gasteiger partial charge in [0.15, 0.2) is 5.96 Å². The van der Waals surface area contributed by atoms with Gasteiger partial charge in [-0.15, -0.1) is 0 Å². The summed E-state index contributed by atoms with van der Waals surface area (Å²) < 4.78 is 10.9. The lowest BCUT2D eigenvalue weighted by molar-refractivity contribution is 0.114. The number of aliphatic hydroxyl groups excluding tert-OH is 1. The molecule has 1 atom stereocenters. The first-order valence-corrected chi connectivity index (χ1v) is 9.51. The fraction of sp³-hybridized carbons (Fsp3) is 0.409. The standard InChI is InChI=1S/C22H31N3O3/c1-5-23-22(25(3)15-18-9-11-20(27-4)12-10-18)24-14-19(26)16-28-21-8-6-7-17(2)13-21/h6-13,19,26H,5,14-16H2,1-4H3,(H,23,24). The summed E-state index contributed by atoms with van der Waals surface area (Å²) in [5, 5.41) is 13.5. The number of methoxy groups -OCH3 is 1. The van der Waals surface area contributed by atoms with E-state index in [1.54, 1.807) is 7.11 Å². The number of aliphatic imine (C=N–C) groups is 1. The van der Waals surface area contributed by atoms with Gasteiger partial charge in [-0.1, -0.05) is 24.3 Å². The summed E-state index contributed by atoms with van der Waals surface area (Å²) in [4.78, 5) is 6.58. The molecule has 0 amide bonds. The molecule has 152 valence electrons. The number of rotatable bonds is 9. The summed E-state index contributed by atoms with van der Waals surface area (Å²) in [5.74, 6) is 2.34. The number of guanidine groups is 1. The van der Waals surface area contributed by atoms with Crippen LogP contribution in [0.4, 0.5) is 0 Å². The normalized spacial score (nSPS) is 12.4. The third-order valence-corrected chi connectivity index (χ3v) is 4.16. The number of benzene rings is 2. The van der Waals surface area contributed by atoms with E-state index in [0.29, 0.717) is 6.54 Å². The number of aliphatic hydroxyl groups is 1. The molecule has 0 fully saturated rings. The van der Waals surface area contributed by atoms with Crippen molar-refractivity contribution in [1.29, 1.82) is 0 Å². The van der Waals surface area contributed by atoms with Gasteiger partial charge in [0.25, 0.3) is 0 Å². The van der Waals surface area contributed by atoms with Gasteiger partial charge in [-0.3, -0.25) is 4.99 Å². The molecule has 0 radical (unpaired) electrons. The molecule has 0 aliphatic heterocycles. The molecule has 2 aromatic carbocycles. The van der Waals surface area contributed by atoms with E-state index < -0.39 is 6.10 Å². The number of hydrogen-bond donors (Lipinski definition) is 2. The fourth-order valence-corrected chi connectivity index (χ4v) is 2.69. The summed E-state index contributed by atoms with van der Waals surface area (Å²) >= 11 is 0. The molecule has 0 saturated carbocycles. The van der Waals surface area contributed by atoms with Gasteiger partial charge < -0.3 is 24.8 Å². The van der Waals surface area contributed by atoms with Gasteiger partial charge in [-0.05, 0) is 49.2 Å². The molecular weight excluding hydrogens is 354 g/mol. The molecular formula is C22H31N3O3. The maximum absolute atomic E-state index is 10.2. The maximum atomic E-state index is 10.2. The van der Waals surface area contributed by atoms with Crippen LogP contribution in [0.5, 0.6) is 11.5 Å². The molecule has 0 aromatic heterocycles. The van der Waals surface area contributed by atoms with E-state index in [1.807, 2.05) is 74.3 Å². The zero-order valence-corrected chi connectivity index (χ0v) is 17.2. The van der Waals surface area contributed by atoms with E-state index in [-0.39, 0.29) is 13.2 Å². The SMILES string of the molecule is CCNC(=NCC(O)COc1cccc(C)c1)N(C)Cc1ccc(OC)cc1. The summed E-state index contributed by atoms with van der Waals surface area (Å²) in [6, 6.07) is 15.7. The number of hydrogen-bond acceptors (Lipinski definition) is 4. The first kappa shape index (κ1) is 21.6. The molecule has 6 heteroatoms. The number of nitrogens with zero attached hydrogens (tertiary/aromatic N) is 2. The van der Waals surface area contributed by atoms with Crippen LogP contribution in [0.1, 0.15) is 18.1 Å². The van der Waals surface area contributed by atoms with Crippen molar-refractivity contribution in [3.05, 3.63) is 59.7 Å². The van der Waals surface area contributed by atoms with Gasteiger partial charge in [0.1, 0.15) is 24.2 Å². The fourth-order valence-electron chi connectivity index (χ4n) is 2.69. The van der Waals surface area contributed by atoms with Crippen LogP contribution >= 0.6 is 0 Å². The predicted octanol–water partition coefficient (Wildman–Crippen LogP) is 2.84. The van der Waals surface area contributed by atoms with Crippen LogP contribution < -0.4 is 14.8 Å². The molecule has 2 N–H and O–H groups in total. The van der Waals surface area contributed by atoms with Crippen LogP contribution in [0.2, 0.25) is 0 Å². The highest BCUT2D eigenvalue weighted by atomic mass is 16.5. The average Bonchev–Trinajstić information content (AvgIpc) is 2.70. The Balaban J connectivity index is 1.90. The van der Waals surface area contributed by atoms with Gasteiger partial charge in [0.05, 0.1) is 13.7 Å². The Kier molecular flexibility index (Phi) is 8.62. The van der Waals surface area contributed by atoms with E-state index in [4.69, 9.17) is 9.47 Å². The lowest BCUT2D eigenvalue weighted by Gasteiger charge is -2.23. The van der Waals surface area contributed by atoms with E-state index >= 15 is 0 Å². The second-order valence-electron chi connectivity index (χ2n) is 6.68. The minimum atomic E-state index is -0.677. The third kappa shape index (κ3) is 7.12. The minimum absolute atomic E-state index is 0.203. The van der Waals surface area contributed by atoms with Crippen molar-refractivity contribution in [3.63, 3.8) is 0 Å². The second kappa shape index (κ2) is 11.2. The Bertz CT molecular complexity index is 747. The van der Waals surface area contributed by atoms with Gasteiger partial charge >= 0.3 is 0 Å². The minimum Gasteiger partial charge on any atom is -0.497 e. The van der Waals surface area contributed by atoms with Crippen molar-refractivity contribution in [1.82, 2.24) is 10.2 Å². The molecule has 28 heavy (non-hydrogen) atoms. The third-order valence-electron chi connectivity index (χ3n) is 4.16. The Hall–Kier alpha value is -2.73. The summed E-state index contributed by atoms with van der Waals surface area (Å²) in [6.45, 7) is 5.95. The molecule has 0 saturated heterocycles. The van der Waals surface area contributed by atoms with Gasteiger partial charge in [0, 0.05) is 20.1 Å². The second-order valence-corrected chi connectivity index (χ2v) is 6.68. The highest BCUT2D eigenvalue weighted by Gasteiger charge is 2.10. The van der Waals surface area contributed by atoms with Crippen LogP contribution in [0.3, 0.4) is 0 Å². The molecule has 2 aromatic rings. The highest BCUT2D eigenvalue weighted by molar-refractivity contribution is 5.79. The molecule has 0 aliphatic carbocycles. The van der Waals surface area contributed by atoms with Gasteiger partial charge in [-0.2, -0.15) is 0 Å². The van der Waals surface area contributed by atoms with E-state index in [9.17, 15) is 5.11 Å². The van der Waals surface area contributed by atoms with Gasteiger partial charge in [0.2, 0.25) is 0 Å². The summed E-state index contributed by atoms with van der Waals surface area (Å²) in [6.07, 6.45) is -0.677. The Labute approximate surface area is 167 Å². The molecule has 0 bridgehead atoms. The van der Waals surface area contributed by atoms with Crippen molar-refractivity contribution >= 4 is 5.96 Å². The summed E-state index contributed by atoms with van der Waals surface area (Å²) in [7, 11) is 3.63. The van der Waals surface area contributed by atoms with Crippen LogP contribution in [0.15, 0.2) is 53.5 Å². The van der Waals surface area contributed by atoms with Crippen molar-refractivity contribution in [2.24, 2.45) is 4.99 Å². The van der Waals surface area contributed by atoms with Crippen LogP contribution in [-0.2, 0) is 6.54 Å². The van der Waals surface area contributed by atoms with E-state index in [1.165, 1.54) is 0 Å². The maximum Gasteiger partial charge on any atom is 0.194 e. The van der Waals surface area contributed by atoms with Gasteiger partial charge in [-0.25, -0.2) is 0 Å². The molecule has 0 spiro atoms. The largest absolute Gasteiger partial charge is 0.497 e. The van der Waals surface area contributed by atoms with Crippen molar-refractivity contribution in [2.45, 2.75) is 26.5 Å². The lowest BCUT2D eigenvalue weighted by atomic mass is 10.2. The topological polar surface area (TPSA) is 66.3 Å². The average molecular weight is 386 g/mol. The highest BCUT2D eigenvalue weighted by Crippen LogP contribution is 2.13. The van der Waals surface area contributed by atoms with Crippen molar-refractivity contribution in [2.75, 3.05) is 33.9 Å². The number of ether oxygens (including phenoxy) is 2. The monoisotopic (exact) mass is 385 g/mol. The quantitative estimate of drug-likeness (QED) is 0.513. The summed E-state index contributed by atoms with van der Waals surface area (Å²) in [5.41, 5.74) is 2.27. The predicted molar refractivity (Wildman–Crippen MR) is 113 cm³/mol. The van der Waals surface area contributed by atoms with Crippen LogP contribution in [0.25, 0.3) is 0 Å². The molecule has 6 nitrogen and oxygen atoms in total. The van der Waals surface area contributed by atoms with Crippen molar-refractivity contribution < 1.29 is 14.6 Å². The Morgan fingerprint density at radius 1 is 1.18 bits per heavy atom. The van der Waals surface area contributed by atoms with Crippen LogP contribution in [0, 0.1) is 6.92 Å².